The second kappa shape index (κ2) is 8.62. The molecule has 0 bridgehead atoms. The number of nitrogens with zero attached hydrogens (tertiary/aromatic N) is 1. The lowest BCUT2D eigenvalue weighted by Gasteiger charge is -2.40. The Morgan fingerprint density at radius 2 is 2.00 bits per heavy atom. The van der Waals surface area contributed by atoms with Gasteiger partial charge in [-0.15, -0.1) is 12.4 Å². The SMILES string of the molecule is COc1cc(C2(C(=O)N3CCCC(C(C)N)C3)CCCC2)ccc1C.Cl. The Labute approximate surface area is 163 Å². The van der Waals surface area contributed by atoms with Crippen LogP contribution in [-0.4, -0.2) is 37.0 Å². The zero-order valence-electron chi connectivity index (χ0n) is 16.3. The fourth-order valence-electron chi connectivity index (χ4n) is 4.65. The van der Waals surface area contributed by atoms with Crippen molar-refractivity contribution >= 4 is 18.3 Å². The number of benzene rings is 1. The van der Waals surface area contributed by atoms with Gasteiger partial charge in [0.1, 0.15) is 5.75 Å². The molecule has 2 atom stereocenters. The summed E-state index contributed by atoms with van der Waals surface area (Å²) < 4.78 is 5.52. The minimum Gasteiger partial charge on any atom is -0.496 e. The number of nitrogens with two attached hydrogens (primary N) is 1. The van der Waals surface area contributed by atoms with Crippen LogP contribution in [0.5, 0.6) is 5.75 Å². The molecule has 5 heteroatoms. The third kappa shape index (κ3) is 3.86. The van der Waals surface area contributed by atoms with Crippen molar-refractivity contribution in [3.05, 3.63) is 29.3 Å². The lowest BCUT2D eigenvalue weighted by Crippen LogP contribution is -2.51. The molecule has 1 saturated carbocycles. The van der Waals surface area contributed by atoms with Crippen LogP contribution in [0.1, 0.15) is 56.6 Å². The van der Waals surface area contributed by atoms with Crippen LogP contribution in [0.25, 0.3) is 0 Å². The van der Waals surface area contributed by atoms with Crippen LogP contribution >= 0.6 is 12.4 Å². The van der Waals surface area contributed by atoms with E-state index in [9.17, 15) is 4.79 Å². The summed E-state index contributed by atoms with van der Waals surface area (Å²) in [7, 11) is 1.70. The van der Waals surface area contributed by atoms with Gasteiger partial charge in [0.2, 0.25) is 5.91 Å². The van der Waals surface area contributed by atoms with Crippen LogP contribution in [0, 0.1) is 12.8 Å². The Bertz CT molecular complexity index is 626. The highest BCUT2D eigenvalue weighted by molar-refractivity contribution is 5.89. The fraction of sp³-hybridized carbons (Fsp3) is 0.667. The number of piperidine rings is 1. The molecular weight excluding hydrogens is 348 g/mol. The Hall–Kier alpha value is -1.26. The van der Waals surface area contributed by atoms with Gasteiger partial charge in [-0.3, -0.25) is 4.79 Å². The number of carbonyl (C=O) groups excluding carboxylic acids is 1. The first-order valence-corrected chi connectivity index (χ1v) is 9.68. The largest absolute Gasteiger partial charge is 0.496 e. The molecule has 1 aromatic rings. The zero-order chi connectivity index (χ0) is 18.0. The Kier molecular flexibility index (Phi) is 6.98. The smallest absolute Gasteiger partial charge is 0.233 e. The number of rotatable bonds is 4. The molecule has 0 aromatic heterocycles. The summed E-state index contributed by atoms with van der Waals surface area (Å²) in [5.74, 6) is 1.61. The van der Waals surface area contributed by atoms with Gasteiger partial charge in [0.25, 0.3) is 0 Å². The lowest BCUT2D eigenvalue weighted by molar-refractivity contribution is -0.139. The van der Waals surface area contributed by atoms with E-state index in [0.29, 0.717) is 11.8 Å². The minimum atomic E-state index is -0.374. The van der Waals surface area contributed by atoms with Gasteiger partial charge in [0.15, 0.2) is 0 Å². The van der Waals surface area contributed by atoms with Gasteiger partial charge in [0, 0.05) is 19.1 Å². The van der Waals surface area contributed by atoms with Crippen molar-refractivity contribution in [2.75, 3.05) is 20.2 Å². The molecule has 1 amide bonds. The van der Waals surface area contributed by atoms with E-state index in [0.717, 1.165) is 68.5 Å². The van der Waals surface area contributed by atoms with Crippen molar-refractivity contribution in [2.24, 2.45) is 11.7 Å². The summed E-state index contributed by atoms with van der Waals surface area (Å²) in [4.78, 5) is 15.7. The highest BCUT2D eigenvalue weighted by Gasteiger charge is 2.46. The number of amides is 1. The van der Waals surface area contributed by atoms with E-state index in [2.05, 4.69) is 30.0 Å². The molecule has 0 spiro atoms. The molecule has 2 unspecified atom stereocenters. The van der Waals surface area contributed by atoms with Gasteiger partial charge in [-0.05, 0) is 62.6 Å². The summed E-state index contributed by atoms with van der Waals surface area (Å²) in [6, 6.07) is 6.46. The van der Waals surface area contributed by atoms with E-state index in [-0.39, 0.29) is 23.9 Å². The van der Waals surface area contributed by atoms with Gasteiger partial charge in [0.05, 0.1) is 12.5 Å². The summed E-state index contributed by atoms with van der Waals surface area (Å²) >= 11 is 0. The van der Waals surface area contributed by atoms with E-state index >= 15 is 0 Å². The number of aryl methyl sites for hydroxylation is 1. The molecule has 0 radical (unpaired) electrons. The molecule has 3 rings (SSSR count). The highest BCUT2D eigenvalue weighted by Crippen LogP contribution is 2.44. The number of methoxy groups -OCH3 is 1. The van der Waals surface area contributed by atoms with Gasteiger partial charge in [-0.1, -0.05) is 25.0 Å². The van der Waals surface area contributed by atoms with Crippen LogP contribution in [0.2, 0.25) is 0 Å². The molecule has 1 aliphatic carbocycles. The molecule has 1 saturated heterocycles. The Morgan fingerprint density at radius 1 is 1.31 bits per heavy atom. The zero-order valence-corrected chi connectivity index (χ0v) is 17.1. The quantitative estimate of drug-likeness (QED) is 0.863. The van der Waals surface area contributed by atoms with Crippen molar-refractivity contribution < 1.29 is 9.53 Å². The Morgan fingerprint density at radius 3 is 2.62 bits per heavy atom. The van der Waals surface area contributed by atoms with Crippen molar-refractivity contribution in [2.45, 2.75) is 63.8 Å². The van der Waals surface area contributed by atoms with E-state index in [4.69, 9.17) is 10.5 Å². The molecule has 2 N–H and O–H groups in total. The first-order chi connectivity index (χ1) is 12.0. The van der Waals surface area contributed by atoms with Crippen LogP contribution in [-0.2, 0) is 10.2 Å². The van der Waals surface area contributed by atoms with Crippen molar-refractivity contribution in [1.82, 2.24) is 4.90 Å². The maximum atomic E-state index is 13.6. The summed E-state index contributed by atoms with van der Waals surface area (Å²) in [5, 5.41) is 0. The molecule has 4 nitrogen and oxygen atoms in total. The van der Waals surface area contributed by atoms with Crippen LogP contribution < -0.4 is 10.5 Å². The first kappa shape index (κ1) is 21.0. The Balaban J connectivity index is 0.00000243. The normalized spacial score (nSPS) is 23.2. The van der Waals surface area contributed by atoms with Gasteiger partial charge in [-0.25, -0.2) is 0 Å². The third-order valence-electron chi connectivity index (χ3n) is 6.32. The molecule has 1 aliphatic heterocycles. The fourth-order valence-corrected chi connectivity index (χ4v) is 4.65. The van der Waals surface area contributed by atoms with E-state index < -0.39 is 0 Å². The molecule has 146 valence electrons. The van der Waals surface area contributed by atoms with Crippen LogP contribution in [0.4, 0.5) is 0 Å². The van der Waals surface area contributed by atoms with Crippen molar-refractivity contribution in [3.63, 3.8) is 0 Å². The van der Waals surface area contributed by atoms with Gasteiger partial charge < -0.3 is 15.4 Å². The van der Waals surface area contributed by atoms with E-state index in [1.165, 1.54) is 0 Å². The number of ether oxygens (including phenoxy) is 1. The minimum absolute atomic E-state index is 0. The number of halogens is 1. The molecular formula is C21H33ClN2O2. The predicted molar refractivity (Wildman–Crippen MR) is 108 cm³/mol. The first-order valence-electron chi connectivity index (χ1n) is 9.68. The summed E-state index contributed by atoms with van der Waals surface area (Å²) in [6.07, 6.45) is 6.31. The number of likely N-dealkylation sites (tertiary alicyclic amines) is 1. The van der Waals surface area contributed by atoms with E-state index in [1.807, 2.05) is 6.92 Å². The third-order valence-corrected chi connectivity index (χ3v) is 6.32. The van der Waals surface area contributed by atoms with Crippen LogP contribution in [0.3, 0.4) is 0 Å². The van der Waals surface area contributed by atoms with Crippen LogP contribution in [0.15, 0.2) is 18.2 Å². The maximum absolute atomic E-state index is 13.6. The van der Waals surface area contributed by atoms with Gasteiger partial charge in [-0.2, -0.15) is 0 Å². The molecule has 1 heterocycles. The second-order valence-electron chi connectivity index (χ2n) is 7.99. The second-order valence-corrected chi connectivity index (χ2v) is 7.99. The number of carbonyl (C=O) groups is 1. The van der Waals surface area contributed by atoms with Crippen molar-refractivity contribution in [3.8, 4) is 5.75 Å². The highest BCUT2D eigenvalue weighted by atomic mass is 35.5. The molecule has 2 aliphatic rings. The molecule has 1 aromatic carbocycles. The standard InChI is InChI=1S/C21H32N2O2.ClH/c1-15-8-9-18(13-19(15)25-3)21(10-4-5-11-21)20(24)23-12-6-7-17(14-23)16(2)22;/h8-9,13,16-17H,4-7,10-12,14,22H2,1-3H3;1H. The predicted octanol–water partition coefficient (Wildman–Crippen LogP) is 3.82. The topological polar surface area (TPSA) is 55.6 Å². The number of hydrogen-bond acceptors (Lipinski definition) is 3. The van der Waals surface area contributed by atoms with Gasteiger partial charge >= 0.3 is 0 Å². The average molecular weight is 381 g/mol. The monoisotopic (exact) mass is 380 g/mol. The number of hydrogen-bond donors (Lipinski definition) is 1. The summed E-state index contributed by atoms with van der Waals surface area (Å²) in [5.41, 5.74) is 7.99. The molecule has 2 fully saturated rings. The summed E-state index contributed by atoms with van der Waals surface area (Å²) in [6.45, 7) is 5.78. The average Bonchev–Trinajstić information content (AvgIpc) is 3.12. The molecule has 26 heavy (non-hydrogen) atoms. The lowest BCUT2D eigenvalue weighted by atomic mass is 9.76. The maximum Gasteiger partial charge on any atom is 0.233 e. The van der Waals surface area contributed by atoms with E-state index in [1.54, 1.807) is 7.11 Å². The van der Waals surface area contributed by atoms with Crippen molar-refractivity contribution in [1.29, 1.82) is 0 Å².